The summed E-state index contributed by atoms with van der Waals surface area (Å²) >= 11 is 1.30. The van der Waals surface area contributed by atoms with E-state index in [2.05, 4.69) is 5.32 Å². The number of aliphatic carboxylic acids is 1. The molecule has 0 aromatic heterocycles. The number of nitrogens with one attached hydrogen (secondary N) is 1. The Morgan fingerprint density at radius 1 is 1.56 bits per heavy atom. The first-order chi connectivity index (χ1) is 8.47. The smallest absolute Gasteiger partial charge is 0.320 e. The van der Waals surface area contributed by atoms with E-state index in [-0.39, 0.29) is 23.8 Å². The largest absolute Gasteiger partial charge is 0.506 e. The molecule has 0 aliphatic carbocycles. The molecule has 0 spiro atoms. The van der Waals surface area contributed by atoms with E-state index in [0.29, 0.717) is 11.3 Å². The lowest BCUT2D eigenvalue weighted by Gasteiger charge is -2.19. The fraction of sp³-hybridized carbons (Fsp3) is 0.273. The number of thioether (sulfide) groups is 1. The number of nitrogens with two attached hydrogens (primary N) is 1. The molecule has 1 heterocycles. The molecule has 0 fully saturated rings. The van der Waals surface area contributed by atoms with Gasteiger partial charge in [-0.3, -0.25) is 9.59 Å². The number of amides is 1. The highest BCUT2D eigenvalue weighted by Gasteiger charge is 2.21. The van der Waals surface area contributed by atoms with Crippen molar-refractivity contribution in [1.82, 2.24) is 0 Å². The molecule has 1 atom stereocenters. The van der Waals surface area contributed by atoms with Gasteiger partial charge in [0.25, 0.3) is 0 Å². The quantitative estimate of drug-likeness (QED) is 0.590. The molecule has 96 valence electrons. The Morgan fingerprint density at radius 2 is 2.28 bits per heavy atom. The number of fused-ring (bicyclic) bond motifs is 1. The molecule has 5 N–H and O–H groups in total. The number of aromatic hydroxyl groups is 1. The van der Waals surface area contributed by atoms with Crippen LogP contribution in [0.3, 0.4) is 0 Å². The predicted molar refractivity (Wildman–Crippen MR) is 66.8 cm³/mol. The van der Waals surface area contributed by atoms with E-state index in [9.17, 15) is 14.7 Å². The third kappa shape index (κ3) is 2.57. The molecule has 0 unspecified atom stereocenters. The summed E-state index contributed by atoms with van der Waals surface area (Å²) in [4.78, 5) is 22.6. The molecule has 0 saturated carbocycles. The first-order valence-corrected chi connectivity index (χ1v) is 6.23. The summed E-state index contributed by atoms with van der Waals surface area (Å²) in [6.45, 7) is 0. The van der Waals surface area contributed by atoms with Crippen LogP contribution in [0, 0.1) is 0 Å². The van der Waals surface area contributed by atoms with E-state index in [0.717, 1.165) is 4.90 Å². The van der Waals surface area contributed by atoms with Crippen molar-refractivity contribution >= 4 is 29.3 Å². The number of carboxylic acids is 1. The molecule has 2 rings (SSSR count). The summed E-state index contributed by atoms with van der Waals surface area (Å²) in [7, 11) is 0. The van der Waals surface area contributed by atoms with Crippen LogP contribution in [0.25, 0.3) is 0 Å². The molecular weight excluding hydrogens is 256 g/mol. The molecule has 1 amide bonds. The van der Waals surface area contributed by atoms with Crippen molar-refractivity contribution in [1.29, 1.82) is 0 Å². The summed E-state index contributed by atoms with van der Waals surface area (Å²) in [5, 5.41) is 21.1. The number of anilines is 1. The zero-order valence-corrected chi connectivity index (χ0v) is 10.2. The Bertz CT molecular complexity index is 518. The second-order valence-corrected chi connectivity index (χ2v) is 4.99. The number of carbonyl (C=O) groups excluding carboxylic acids is 1. The fourth-order valence-electron chi connectivity index (χ4n) is 1.67. The molecule has 6 nitrogen and oxygen atoms in total. The van der Waals surface area contributed by atoms with Gasteiger partial charge in [-0.25, -0.2) is 0 Å². The monoisotopic (exact) mass is 268 g/mol. The maximum atomic E-state index is 11.2. The summed E-state index contributed by atoms with van der Waals surface area (Å²) in [6.07, 6.45) is 0.130. The average molecular weight is 268 g/mol. The number of carbonyl (C=O) groups is 2. The second kappa shape index (κ2) is 4.87. The van der Waals surface area contributed by atoms with E-state index >= 15 is 0 Å². The standard InChI is InChI=1S/C11H12N2O4S/c12-6(11(16)17)1-5-2-7(14)10-8(3-5)18-4-9(15)13-10/h2-3,6,14H,1,4,12H2,(H,13,15)(H,16,17)/t6-/m0/s1. The Morgan fingerprint density at radius 3 is 2.94 bits per heavy atom. The summed E-state index contributed by atoms with van der Waals surface area (Å²) < 4.78 is 0. The van der Waals surface area contributed by atoms with Gasteiger partial charge in [0.15, 0.2) is 0 Å². The normalized spacial score (nSPS) is 15.7. The predicted octanol–water partition coefficient (Wildman–Crippen LogP) is 0.391. The number of hydrogen-bond acceptors (Lipinski definition) is 5. The zero-order chi connectivity index (χ0) is 13.3. The van der Waals surface area contributed by atoms with Crippen LogP contribution in [0.2, 0.25) is 0 Å². The van der Waals surface area contributed by atoms with Gasteiger partial charge in [-0.15, -0.1) is 11.8 Å². The van der Waals surface area contributed by atoms with Crippen molar-refractivity contribution < 1.29 is 19.8 Å². The third-order valence-corrected chi connectivity index (χ3v) is 3.58. The van der Waals surface area contributed by atoms with Crippen LogP contribution in [-0.4, -0.2) is 33.9 Å². The third-order valence-electron chi connectivity index (χ3n) is 2.54. The first-order valence-electron chi connectivity index (χ1n) is 5.24. The van der Waals surface area contributed by atoms with Crippen molar-refractivity contribution in [2.75, 3.05) is 11.1 Å². The van der Waals surface area contributed by atoms with Crippen LogP contribution in [0.4, 0.5) is 5.69 Å². The summed E-state index contributed by atoms with van der Waals surface area (Å²) in [6, 6.07) is 2.15. The van der Waals surface area contributed by atoms with Gasteiger partial charge in [-0.1, -0.05) is 0 Å². The molecular formula is C11H12N2O4S. The van der Waals surface area contributed by atoms with Crippen LogP contribution < -0.4 is 11.1 Å². The molecule has 1 aromatic rings. The van der Waals surface area contributed by atoms with Crippen molar-refractivity contribution in [3.8, 4) is 5.75 Å². The highest BCUT2D eigenvalue weighted by molar-refractivity contribution is 8.00. The lowest BCUT2D eigenvalue weighted by atomic mass is 10.1. The van der Waals surface area contributed by atoms with E-state index in [1.807, 2.05) is 0 Å². The molecule has 0 saturated heterocycles. The summed E-state index contributed by atoms with van der Waals surface area (Å²) in [5.74, 6) is -1.05. The Labute approximate surface area is 107 Å². The Kier molecular flexibility index (Phi) is 3.44. The van der Waals surface area contributed by atoms with Crippen LogP contribution >= 0.6 is 11.8 Å². The SMILES string of the molecule is N[C@@H](Cc1cc(O)c2c(c1)SCC(=O)N2)C(=O)O. The number of benzene rings is 1. The van der Waals surface area contributed by atoms with Crippen molar-refractivity contribution in [2.45, 2.75) is 17.4 Å². The van der Waals surface area contributed by atoms with Gasteiger partial charge < -0.3 is 21.3 Å². The Hall–Kier alpha value is -1.73. The van der Waals surface area contributed by atoms with Gasteiger partial charge in [-0.2, -0.15) is 0 Å². The van der Waals surface area contributed by atoms with Crippen LogP contribution in [0.5, 0.6) is 5.75 Å². The highest BCUT2D eigenvalue weighted by Crippen LogP contribution is 2.39. The molecule has 0 bridgehead atoms. The zero-order valence-electron chi connectivity index (χ0n) is 9.34. The number of rotatable bonds is 3. The lowest BCUT2D eigenvalue weighted by Crippen LogP contribution is -2.32. The van der Waals surface area contributed by atoms with Crippen LogP contribution in [0.1, 0.15) is 5.56 Å². The van der Waals surface area contributed by atoms with Crippen LogP contribution in [0.15, 0.2) is 17.0 Å². The van der Waals surface area contributed by atoms with Gasteiger partial charge in [-0.05, 0) is 24.1 Å². The van der Waals surface area contributed by atoms with Gasteiger partial charge in [0, 0.05) is 4.90 Å². The van der Waals surface area contributed by atoms with E-state index in [4.69, 9.17) is 10.8 Å². The molecule has 0 radical (unpaired) electrons. The molecule has 7 heteroatoms. The topological polar surface area (TPSA) is 113 Å². The minimum Gasteiger partial charge on any atom is -0.506 e. The maximum Gasteiger partial charge on any atom is 0.320 e. The molecule has 18 heavy (non-hydrogen) atoms. The highest BCUT2D eigenvalue weighted by atomic mass is 32.2. The van der Waals surface area contributed by atoms with Gasteiger partial charge >= 0.3 is 5.97 Å². The average Bonchev–Trinajstić information content (AvgIpc) is 2.30. The van der Waals surface area contributed by atoms with Gasteiger partial charge in [0.05, 0.1) is 11.4 Å². The Balaban J connectivity index is 2.28. The van der Waals surface area contributed by atoms with E-state index < -0.39 is 12.0 Å². The second-order valence-electron chi connectivity index (χ2n) is 3.97. The minimum absolute atomic E-state index is 0.0689. The van der Waals surface area contributed by atoms with E-state index in [1.54, 1.807) is 6.07 Å². The minimum atomic E-state index is -1.09. The fourth-order valence-corrected chi connectivity index (χ4v) is 2.57. The molecule has 1 aliphatic heterocycles. The summed E-state index contributed by atoms with van der Waals surface area (Å²) in [5.41, 5.74) is 6.45. The number of phenols is 1. The van der Waals surface area contributed by atoms with Crippen LogP contribution in [-0.2, 0) is 16.0 Å². The van der Waals surface area contributed by atoms with Crippen molar-refractivity contribution in [2.24, 2.45) is 5.73 Å². The maximum absolute atomic E-state index is 11.2. The van der Waals surface area contributed by atoms with Crippen molar-refractivity contribution in [3.05, 3.63) is 17.7 Å². The number of phenolic OH excluding ortho intramolecular Hbond substituents is 1. The molecule has 1 aliphatic rings. The van der Waals surface area contributed by atoms with Gasteiger partial charge in [0.2, 0.25) is 5.91 Å². The number of hydrogen-bond donors (Lipinski definition) is 4. The first kappa shape index (κ1) is 12.7. The van der Waals surface area contributed by atoms with E-state index in [1.165, 1.54) is 17.8 Å². The van der Waals surface area contributed by atoms with Gasteiger partial charge in [0.1, 0.15) is 11.8 Å². The number of carboxylic acid groups (broad SMARTS) is 1. The lowest BCUT2D eigenvalue weighted by molar-refractivity contribution is -0.138. The molecule has 1 aromatic carbocycles. The van der Waals surface area contributed by atoms with Crippen molar-refractivity contribution in [3.63, 3.8) is 0 Å².